The first-order chi connectivity index (χ1) is 20.7. The minimum Gasteiger partial charge on any atom is -0.446 e. The smallest absolute Gasteiger partial charge is 0.407 e. The number of ether oxygens (including phenoxy) is 4. The van der Waals surface area contributed by atoms with Crippen LogP contribution in [0.4, 0.5) is 4.79 Å². The average molecular weight is 604 g/mol. The molecule has 4 aliphatic rings. The number of rotatable bonds is 17. The van der Waals surface area contributed by atoms with Gasteiger partial charge in [0.05, 0.1) is 26.4 Å². The molecule has 3 saturated carbocycles. The van der Waals surface area contributed by atoms with E-state index in [9.17, 15) is 4.79 Å². The molecule has 0 aromatic carbocycles. The van der Waals surface area contributed by atoms with E-state index in [1.807, 2.05) is 6.92 Å². The lowest BCUT2D eigenvalue weighted by Crippen LogP contribution is -2.51. The van der Waals surface area contributed by atoms with Crippen molar-refractivity contribution >= 4 is 6.09 Å². The Morgan fingerprint density at radius 3 is 2.40 bits per heavy atom. The highest BCUT2D eigenvalue weighted by Crippen LogP contribution is 2.67. The molecule has 0 aromatic rings. The molecule has 0 bridgehead atoms. The Bertz CT molecular complexity index is 890. The molecule has 4 aliphatic carbocycles. The summed E-state index contributed by atoms with van der Waals surface area (Å²) in [4.78, 5) is 12.6. The summed E-state index contributed by atoms with van der Waals surface area (Å²) in [5.74, 6) is 5.11. The van der Waals surface area contributed by atoms with Crippen molar-refractivity contribution in [3.8, 4) is 0 Å². The van der Waals surface area contributed by atoms with Crippen LogP contribution in [-0.2, 0) is 18.9 Å². The highest BCUT2D eigenvalue weighted by Gasteiger charge is 2.59. The summed E-state index contributed by atoms with van der Waals surface area (Å²) in [5.41, 5.74) is 2.39. The molecule has 0 heterocycles. The summed E-state index contributed by atoms with van der Waals surface area (Å²) in [7, 11) is 0. The van der Waals surface area contributed by atoms with Crippen LogP contribution in [0.15, 0.2) is 11.6 Å². The van der Waals surface area contributed by atoms with Crippen molar-refractivity contribution in [3.05, 3.63) is 11.6 Å². The Morgan fingerprint density at radius 2 is 1.65 bits per heavy atom. The van der Waals surface area contributed by atoms with E-state index in [4.69, 9.17) is 18.9 Å². The average Bonchev–Trinajstić information content (AvgIpc) is 3.33. The zero-order valence-electron chi connectivity index (χ0n) is 28.6. The number of nitrogens with one attached hydrogen (secondary N) is 1. The lowest BCUT2D eigenvalue weighted by atomic mass is 9.47. The molecule has 3 unspecified atom stereocenters. The van der Waals surface area contributed by atoms with Crippen molar-refractivity contribution in [3.63, 3.8) is 0 Å². The van der Waals surface area contributed by atoms with Crippen LogP contribution < -0.4 is 5.32 Å². The predicted octanol–water partition coefficient (Wildman–Crippen LogP) is 8.58. The van der Waals surface area contributed by atoms with Gasteiger partial charge in [-0.25, -0.2) is 4.79 Å². The van der Waals surface area contributed by atoms with Crippen LogP contribution in [0.25, 0.3) is 0 Å². The van der Waals surface area contributed by atoms with Gasteiger partial charge in [-0.15, -0.1) is 0 Å². The first-order valence-electron chi connectivity index (χ1n) is 18.1. The summed E-state index contributed by atoms with van der Waals surface area (Å²) in [6.07, 6.45) is 17.2. The van der Waals surface area contributed by atoms with Crippen LogP contribution >= 0.6 is 0 Å². The number of alkyl carbamates (subject to hydrolysis) is 1. The maximum absolute atomic E-state index is 12.6. The fourth-order valence-electron chi connectivity index (χ4n) is 9.89. The molecule has 0 aliphatic heterocycles. The minimum absolute atomic E-state index is 0.00244. The molecule has 6 nitrogen and oxygen atoms in total. The van der Waals surface area contributed by atoms with Gasteiger partial charge in [0.25, 0.3) is 0 Å². The predicted molar refractivity (Wildman–Crippen MR) is 174 cm³/mol. The first kappa shape index (κ1) is 34.8. The van der Waals surface area contributed by atoms with Crippen LogP contribution in [0, 0.1) is 46.3 Å². The van der Waals surface area contributed by atoms with Crippen LogP contribution in [0.5, 0.6) is 0 Å². The second-order valence-electron chi connectivity index (χ2n) is 15.3. The van der Waals surface area contributed by atoms with E-state index in [0.29, 0.717) is 51.6 Å². The fraction of sp³-hybridized carbons (Fsp3) is 0.919. The number of allylic oxidation sites excluding steroid dienone is 1. The van der Waals surface area contributed by atoms with Gasteiger partial charge in [0, 0.05) is 26.2 Å². The van der Waals surface area contributed by atoms with Crippen molar-refractivity contribution in [2.45, 2.75) is 125 Å². The van der Waals surface area contributed by atoms with Crippen LogP contribution in [0.2, 0.25) is 0 Å². The number of fused-ring (bicyclic) bond motifs is 5. The van der Waals surface area contributed by atoms with Gasteiger partial charge < -0.3 is 24.3 Å². The maximum atomic E-state index is 12.6. The third-order valence-electron chi connectivity index (χ3n) is 12.2. The monoisotopic (exact) mass is 603 g/mol. The standard InChI is InChI=1S/C37H65NO5/c1-7-40-22-23-42-25-24-41-21-9-20-38-35(39)43-30-16-18-36(5)29(26-30)12-13-31-33-15-14-32(28(4)11-8-10-27(2)3)37(33,6)19-17-34(31)36/h12,27-28,30-34H,7-11,13-26H2,1-6H3,(H,38,39)/t28-,30+,31?,32-,33?,34?,36+,37-/m1/s1. The highest BCUT2D eigenvalue weighted by molar-refractivity contribution is 5.67. The zero-order valence-corrected chi connectivity index (χ0v) is 28.6. The lowest BCUT2D eigenvalue weighted by molar-refractivity contribution is -0.0581. The zero-order chi connectivity index (χ0) is 30.9. The number of hydrogen-bond acceptors (Lipinski definition) is 5. The second kappa shape index (κ2) is 16.5. The molecule has 0 radical (unpaired) electrons. The van der Waals surface area contributed by atoms with Gasteiger partial charge in [-0.05, 0) is 105 Å². The molecule has 1 N–H and O–H groups in total. The Hall–Kier alpha value is -1.11. The molecule has 1 amide bonds. The molecule has 8 atom stereocenters. The molecular formula is C37H65NO5. The largest absolute Gasteiger partial charge is 0.446 e. The van der Waals surface area contributed by atoms with Gasteiger partial charge in [0.1, 0.15) is 6.10 Å². The van der Waals surface area contributed by atoms with E-state index in [0.717, 1.165) is 61.2 Å². The molecule has 0 spiro atoms. The highest BCUT2D eigenvalue weighted by atomic mass is 16.6. The molecule has 6 heteroatoms. The summed E-state index contributed by atoms with van der Waals surface area (Å²) < 4.78 is 22.2. The molecule has 248 valence electrons. The molecule has 4 rings (SSSR count). The van der Waals surface area contributed by atoms with Crippen molar-refractivity contribution in [2.75, 3.05) is 46.2 Å². The Labute approximate surface area is 263 Å². The summed E-state index contributed by atoms with van der Waals surface area (Å²) >= 11 is 0. The third kappa shape index (κ3) is 8.79. The van der Waals surface area contributed by atoms with E-state index in [1.165, 1.54) is 51.4 Å². The van der Waals surface area contributed by atoms with Gasteiger partial charge in [-0.3, -0.25) is 0 Å². The first-order valence-corrected chi connectivity index (χ1v) is 18.1. The van der Waals surface area contributed by atoms with Gasteiger partial charge in [0.15, 0.2) is 0 Å². The SMILES string of the molecule is CCOCCOCCOCCCNC(=O)O[C@H]1CC[C@@]2(C)C(=CCC3C2CC[C@@]2(C)C3CC[C@@H]2[C@H](C)CCCC(C)C)C1. The number of amides is 1. The minimum atomic E-state index is -0.282. The van der Waals surface area contributed by atoms with Crippen LogP contribution in [0.3, 0.4) is 0 Å². The van der Waals surface area contributed by atoms with Crippen molar-refractivity contribution in [2.24, 2.45) is 46.3 Å². The van der Waals surface area contributed by atoms with Crippen LogP contribution in [-0.4, -0.2) is 58.4 Å². The summed E-state index contributed by atoms with van der Waals surface area (Å²) in [5, 5.41) is 2.93. The van der Waals surface area contributed by atoms with Gasteiger partial charge in [0.2, 0.25) is 0 Å². The van der Waals surface area contributed by atoms with E-state index in [2.05, 4.69) is 46.0 Å². The number of carbonyl (C=O) groups excluding carboxylic acids is 1. The van der Waals surface area contributed by atoms with E-state index in [-0.39, 0.29) is 17.6 Å². The topological polar surface area (TPSA) is 66.0 Å². The molecular weight excluding hydrogens is 538 g/mol. The molecule has 43 heavy (non-hydrogen) atoms. The normalized spacial score (nSPS) is 34.2. The maximum Gasteiger partial charge on any atom is 0.407 e. The molecule has 0 aromatic heterocycles. The number of hydrogen-bond donors (Lipinski definition) is 1. The lowest BCUT2D eigenvalue weighted by Gasteiger charge is -2.58. The van der Waals surface area contributed by atoms with Crippen molar-refractivity contribution in [1.29, 1.82) is 0 Å². The van der Waals surface area contributed by atoms with E-state index < -0.39 is 0 Å². The third-order valence-corrected chi connectivity index (χ3v) is 12.2. The van der Waals surface area contributed by atoms with Crippen molar-refractivity contribution < 1.29 is 23.7 Å². The van der Waals surface area contributed by atoms with E-state index in [1.54, 1.807) is 5.57 Å². The Balaban J connectivity index is 1.19. The van der Waals surface area contributed by atoms with Gasteiger partial charge in [-0.1, -0.05) is 65.5 Å². The quantitative estimate of drug-likeness (QED) is 0.133. The summed E-state index contributed by atoms with van der Waals surface area (Å²) in [6, 6.07) is 0. The molecule has 0 saturated heterocycles. The second-order valence-corrected chi connectivity index (χ2v) is 15.3. The molecule has 3 fully saturated rings. The Kier molecular flexibility index (Phi) is 13.3. The Morgan fingerprint density at radius 1 is 0.907 bits per heavy atom. The van der Waals surface area contributed by atoms with Crippen LogP contribution in [0.1, 0.15) is 119 Å². The number of carbonyl (C=O) groups is 1. The van der Waals surface area contributed by atoms with E-state index >= 15 is 0 Å². The van der Waals surface area contributed by atoms with Crippen molar-refractivity contribution in [1.82, 2.24) is 5.32 Å². The van der Waals surface area contributed by atoms with Gasteiger partial charge in [-0.2, -0.15) is 0 Å². The fourth-order valence-corrected chi connectivity index (χ4v) is 9.89. The van der Waals surface area contributed by atoms with Gasteiger partial charge >= 0.3 is 6.09 Å². The summed E-state index contributed by atoms with van der Waals surface area (Å²) in [6.45, 7) is 18.7.